The molecule has 2 nitrogen and oxygen atoms in total. The highest BCUT2D eigenvalue weighted by atomic mass is 16.5. The Morgan fingerprint density at radius 1 is 1.31 bits per heavy atom. The van der Waals surface area contributed by atoms with Crippen LogP contribution in [0, 0.1) is 13.8 Å². The van der Waals surface area contributed by atoms with Gasteiger partial charge in [0.15, 0.2) is 5.78 Å². The molecule has 2 rings (SSSR count). The second kappa shape index (κ2) is 4.38. The Balaban J connectivity index is 2.24. The number of ketones is 1. The summed E-state index contributed by atoms with van der Waals surface area (Å²) in [6.45, 7) is 6.06. The van der Waals surface area contributed by atoms with Crippen molar-refractivity contribution in [3.05, 3.63) is 34.9 Å². The topological polar surface area (TPSA) is 26.3 Å². The Labute approximate surface area is 96.6 Å². The van der Waals surface area contributed by atoms with Gasteiger partial charge in [0.1, 0.15) is 6.10 Å². The molecule has 0 radical (unpaired) electrons. The molecule has 0 amide bonds. The van der Waals surface area contributed by atoms with E-state index < -0.39 is 0 Å². The fraction of sp³-hybridized carbons (Fsp3) is 0.500. The molecule has 1 aromatic carbocycles. The fourth-order valence-corrected chi connectivity index (χ4v) is 2.19. The molecule has 2 atom stereocenters. The van der Waals surface area contributed by atoms with E-state index >= 15 is 0 Å². The van der Waals surface area contributed by atoms with E-state index in [1.54, 1.807) is 0 Å². The van der Waals surface area contributed by atoms with Gasteiger partial charge in [-0.1, -0.05) is 18.2 Å². The van der Waals surface area contributed by atoms with Crippen LogP contribution in [0.25, 0.3) is 0 Å². The summed E-state index contributed by atoms with van der Waals surface area (Å²) >= 11 is 0. The Kier molecular flexibility index (Phi) is 3.10. The molecule has 86 valence electrons. The van der Waals surface area contributed by atoms with E-state index in [9.17, 15) is 4.79 Å². The number of hydrogen-bond donors (Lipinski definition) is 0. The van der Waals surface area contributed by atoms with Gasteiger partial charge in [0.05, 0.1) is 6.10 Å². The summed E-state index contributed by atoms with van der Waals surface area (Å²) in [5.74, 6) is 0.144. The smallest absolute Gasteiger partial charge is 0.191 e. The number of carbonyl (C=O) groups is 1. The lowest BCUT2D eigenvalue weighted by Gasteiger charge is -2.13. The number of aryl methyl sites for hydroxylation is 1. The first-order valence-corrected chi connectivity index (χ1v) is 5.85. The number of carbonyl (C=O) groups excluding carboxylic acids is 1. The van der Waals surface area contributed by atoms with Crippen LogP contribution in [0.1, 0.15) is 41.3 Å². The lowest BCUT2D eigenvalue weighted by molar-refractivity contribution is 0.0433. The molecule has 0 saturated carbocycles. The van der Waals surface area contributed by atoms with Crippen LogP contribution in [0.5, 0.6) is 0 Å². The van der Waals surface area contributed by atoms with Crippen LogP contribution in [0.2, 0.25) is 0 Å². The average molecular weight is 218 g/mol. The van der Waals surface area contributed by atoms with Crippen molar-refractivity contribution >= 4 is 5.78 Å². The standard InChI is InChI=1S/C14H18O2/c1-9-5-4-6-12(11(9)3)14(15)13-8-7-10(2)16-13/h4-6,10,13H,7-8H2,1-3H3. The number of Topliss-reactive ketones (excluding diaryl/α,β-unsaturated/α-hetero) is 1. The van der Waals surface area contributed by atoms with Crippen molar-refractivity contribution in [2.45, 2.75) is 45.8 Å². The Morgan fingerprint density at radius 2 is 2.06 bits per heavy atom. The summed E-state index contributed by atoms with van der Waals surface area (Å²) in [5.41, 5.74) is 3.06. The van der Waals surface area contributed by atoms with Gasteiger partial charge in [-0.25, -0.2) is 0 Å². The van der Waals surface area contributed by atoms with Gasteiger partial charge in [0.2, 0.25) is 0 Å². The molecular formula is C14H18O2. The number of ether oxygens (including phenoxy) is 1. The van der Waals surface area contributed by atoms with E-state index in [0.29, 0.717) is 0 Å². The quantitative estimate of drug-likeness (QED) is 0.713. The summed E-state index contributed by atoms with van der Waals surface area (Å²) in [7, 11) is 0. The predicted octanol–water partition coefficient (Wildman–Crippen LogP) is 3.05. The summed E-state index contributed by atoms with van der Waals surface area (Å²) in [5, 5.41) is 0. The first-order chi connectivity index (χ1) is 7.59. The largest absolute Gasteiger partial charge is 0.367 e. The Morgan fingerprint density at radius 3 is 2.69 bits per heavy atom. The van der Waals surface area contributed by atoms with Gasteiger partial charge in [0, 0.05) is 5.56 Å². The summed E-state index contributed by atoms with van der Waals surface area (Å²) in [4.78, 5) is 12.2. The fourth-order valence-electron chi connectivity index (χ4n) is 2.19. The molecule has 0 spiro atoms. The zero-order valence-corrected chi connectivity index (χ0v) is 10.1. The van der Waals surface area contributed by atoms with Gasteiger partial charge in [0.25, 0.3) is 0 Å². The third kappa shape index (κ3) is 2.03. The number of rotatable bonds is 2. The van der Waals surface area contributed by atoms with Crippen molar-refractivity contribution in [3.63, 3.8) is 0 Å². The first kappa shape index (κ1) is 11.3. The average Bonchev–Trinajstić information content (AvgIpc) is 2.68. The van der Waals surface area contributed by atoms with Gasteiger partial charge < -0.3 is 4.74 Å². The lowest BCUT2D eigenvalue weighted by Crippen LogP contribution is -2.21. The molecule has 2 unspecified atom stereocenters. The van der Waals surface area contributed by atoms with Crippen LogP contribution in [0.3, 0.4) is 0 Å². The zero-order chi connectivity index (χ0) is 11.7. The van der Waals surface area contributed by atoms with E-state index in [0.717, 1.165) is 29.5 Å². The molecule has 1 aliphatic heterocycles. The van der Waals surface area contributed by atoms with Crippen molar-refractivity contribution in [2.24, 2.45) is 0 Å². The van der Waals surface area contributed by atoms with Crippen molar-refractivity contribution in [1.29, 1.82) is 0 Å². The minimum absolute atomic E-state index is 0.144. The molecular weight excluding hydrogens is 200 g/mol. The molecule has 2 heteroatoms. The van der Waals surface area contributed by atoms with Crippen LogP contribution in [-0.4, -0.2) is 18.0 Å². The zero-order valence-electron chi connectivity index (χ0n) is 10.1. The number of hydrogen-bond acceptors (Lipinski definition) is 2. The SMILES string of the molecule is Cc1cccc(C(=O)C2CCC(C)O2)c1C. The van der Waals surface area contributed by atoms with Crippen LogP contribution in [0.15, 0.2) is 18.2 Å². The maximum Gasteiger partial charge on any atom is 0.191 e. The van der Waals surface area contributed by atoms with Crippen molar-refractivity contribution in [1.82, 2.24) is 0 Å². The maximum absolute atomic E-state index is 12.2. The van der Waals surface area contributed by atoms with Gasteiger partial charge >= 0.3 is 0 Å². The van der Waals surface area contributed by atoms with E-state index in [4.69, 9.17) is 4.74 Å². The summed E-state index contributed by atoms with van der Waals surface area (Å²) in [6.07, 6.45) is 1.84. The molecule has 1 aromatic rings. The summed E-state index contributed by atoms with van der Waals surface area (Å²) in [6, 6.07) is 5.87. The molecule has 1 saturated heterocycles. The second-order valence-electron chi connectivity index (χ2n) is 4.62. The van der Waals surface area contributed by atoms with Crippen molar-refractivity contribution in [2.75, 3.05) is 0 Å². The second-order valence-corrected chi connectivity index (χ2v) is 4.62. The normalized spacial score (nSPS) is 24.7. The van der Waals surface area contributed by atoms with Crippen LogP contribution >= 0.6 is 0 Å². The Hall–Kier alpha value is -1.15. The monoisotopic (exact) mass is 218 g/mol. The minimum Gasteiger partial charge on any atom is -0.367 e. The lowest BCUT2D eigenvalue weighted by atomic mass is 9.96. The van der Waals surface area contributed by atoms with Crippen molar-refractivity contribution < 1.29 is 9.53 Å². The molecule has 0 aliphatic carbocycles. The third-order valence-electron chi connectivity index (χ3n) is 3.39. The van der Waals surface area contributed by atoms with E-state index in [1.807, 2.05) is 39.0 Å². The molecule has 0 aromatic heterocycles. The van der Waals surface area contributed by atoms with Gasteiger partial charge in [-0.3, -0.25) is 4.79 Å². The highest BCUT2D eigenvalue weighted by molar-refractivity contribution is 6.01. The molecule has 0 N–H and O–H groups in total. The van der Waals surface area contributed by atoms with Crippen LogP contribution in [-0.2, 0) is 4.74 Å². The molecule has 1 aliphatic rings. The minimum atomic E-state index is -0.226. The van der Waals surface area contributed by atoms with Crippen LogP contribution in [0.4, 0.5) is 0 Å². The van der Waals surface area contributed by atoms with Gasteiger partial charge in [-0.05, 0) is 44.7 Å². The van der Waals surface area contributed by atoms with E-state index in [-0.39, 0.29) is 18.0 Å². The molecule has 1 fully saturated rings. The third-order valence-corrected chi connectivity index (χ3v) is 3.39. The van der Waals surface area contributed by atoms with Crippen LogP contribution < -0.4 is 0 Å². The molecule has 16 heavy (non-hydrogen) atoms. The van der Waals surface area contributed by atoms with Gasteiger partial charge in [-0.2, -0.15) is 0 Å². The van der Waals surface area contributed by atoms with E-state index in [2.05, 4.69) is 0 Å². The molecule has 0 bridgehead atoms. The number of benzene rings is 1. The predicted molar refractivity (Wildman–Crippen MR) is 63.8 cm³/mol. The summed E-state index contributed by atoms with van der Waals surface area (Å²) < 4.78 is 5.62. The maximum atomic E-state index is 12.2. The van der Waals surface area contributed by atoms with Crippen molar-refractivity contribution in [3.8, 4) is 0 Å². The van der Waals surface area contributed by atoms with Gasteiger partial charge in [-0.15, -0.1) is 0 Å². The molecule has 1 heterocycles. The highest BCUT2D eigenvalue weighted by Crippen LogP contribution is 2.24. The first-order valence-electron chi connectivity index (χ1n) is 5.85. The highest BCUT2D eigenvalue weighted by Gasteiger charge is 2.29. The Bertz CT molecular complexity index is 409. The van der Waals surface area contributed by atoms with E-state index in [1.165, 1.54) is 0 Å².